The molecule has 2 nitrogen and oxygen atoms in total. The summed E-state index contributed by atoms with van der Waals surface area (Å²) in [5.41, 5.74) is 7.19. The molecule has 0 aliphatic heterocycles. The summed E-state index contributed by atoms with van der Waals surface area (Å²) in [6, 6.07) is 7.70. The van der Waals surface area contributed by atoms with E-state index in [2.05, 4.69) is 33.9 Å². The van der Waals surface area contributed by atoms with Crippen LogP contribution in [0.4, 0.5) is 0 Å². The summed E-state index contributed by atoms with van der Waals surface area (Å²) in [5, 5.41) is 0.976. The molecule has 0 heterocycles. The van der Waals surface area contributed by atoms with E-state index in [0.717, 1.165) is 17.0 Å². The van der Waals surface area contributed by atoms with Crippen LogP contribution in [0.2, 0.25) is 23.2 Å². The van der Waals surface area contributed by atoms with Crippen LogP contribution in [0, 0.1) is 0 Å². The molecule has 0 fully saturated rings. The van der Waals surface area contributed by atoms with E-state index in [4.69, 9.17) is 21.8 Å². The molecule has 2 N–H and O–H groups in total. The van der Waals surface area contributed by atoms with Crippen LogP contribution in [0.3, 0.4) is 0 Å². The largest absolute Gasteiger partial charge is 0.417 e. The van der Waals surface area contributed by atoms with Crippen molar-refractivity contribution in [2.45, 2.75) is 51.4 Å². The standard InChI is InChI=1S/C15H26ClNOSi/c1-15(2,3)19(4,5)18-11-10-14(17)12-8-6-7-9-13(12)16/h6-9,14H,10-11,17H2,1-5H3/t14-/m0/s1. The topological polar surface area (TPSA) is 35.2 Å². The van der Waals surface area contributed by atoms with Crippen molar-refractivity contribution >= 4 is 19.9 Å². The third kappa shape index (κ3) is 4.60. The smallest absolute Gasteiger partial charge is 0.191 e. The monoisotopic (exact) mass is 299 g/mol. The van der Waals surface area contributed by atoms with Crippen molar-refractivity contribution < 1.29 is 4.43 Å². The fraction of sp³-hybridized carbons (Fsp3) is 0.600. The van der Waals surface area contributed by atoms with Gasteiger partial charge in [-0.1, -0.05) is 50.6 Å². The fourth-order valence-corrected chi connectivity index (χ4v) is 2.93. The van der Waals surface area contributed by atoms with Gasteiger partial charge in [-0.05, 0) is 36.2 Å². The third-order valence-electron chi connectivity index (χ3n) is 4.00. The highest BCUT2D eigenvalue weighted by Crippen LogP contribution is 2.36. The van der Waals surface area contributed by atoms with Crippen molar-refractivity contribution in [1.82, 2.24) is 0 Å². The van der Waals surface area contributed by atoms with Crippen LogP contribution in [0.25, 0.3) is 0 Å². The van der Waals surface area contributed by atoms with Crippen LogP contribution >= 0.6 is 11.6 Å². The predicted molar refractivity (Wildman–Crippen MR) is 86.1 cm³/mol. The Bertz CT molecular complexity index is 415. The molecule has 0 radical (unpaired) electrons. The highest BCUT2D eigenvalue weighted by molar-refractivity contribution is 6.74. The molecule has 108 valence electrons. The van der Waals surface area contributed by atoms with Crippen LogP contribution in [0.15, 0.2) is 24.3 Å². The zero-order valence-corrected chi connectivity index (χ0v) is 14.4. The van der Waals surface area contributed by atoms with Gasteiger partial charge in [0.25, 0.3) is 0 Å². The van der Waals surface area contributed by atoms with Crippen LogP contribution in [0.1, 0.15) is 38.8 Å². The molecule has 0 saturated carbocycles. The summed E-state index contributed by atoms with van der Waals surface area (Å²) in [6.07, 6.45) is 0.802. The molecule has 0 spiro atoms. The summed E-state index contributed by atoms with van der Waals surface area (Å²) < 4.78 is 6.14. The molecule has 0 aliphatic rings. The Labute approximate surface area is 123 Å². The molecule has 0 aromatic heterocycles. The first-order chi connectivity index (χ1) is 8.65. The molecule has 0 saturated heterocycles. The molecule has 0 unspecified atom stereocenters. The minimum Gasteiger partial charge on any atom is -0.417 e. The summed E-state index contributed by atoms with van der Waals surface area (Å²) in [4.78, 5) is 0. The number of hydrogen-bond acceptors (Lipinski definition) is 2. The normalized spacial score (nSPS) is 14.5. The van der Waals surface area contributed by atoms with Crippen LogP contribution in [0.5, 0.6) is 0 Å². The van der Waals surface area contributed by atoms with Gasteiger partial charge in [0, 0.05) is 17.7 Å². The van der Waals surface area contributed by atoms with E-state index in [0.29, 0.717) is 6.61 Å². The van der Waals surface area contributed by atoms with Crippen molar-refractivity contribution in [3.63, 3.8) is 0 Å². The fourth-order valence-electron chi connectivity index (χ4n) is 1.59. The van der Waals surface area contributed by atoms with Gasteiger partial charge in [0.2, 0.25) is 0 Å². The van der Waals surface area contributed by atoms with Gasteiger partial charge in [0.15, 0.2) is 8.32 Å². The van der Waals surface area contributed by atoms with Crippen LogP contribution < -0.4 is 5.73 Å². The van der Waals surface area contributed by atoms with Gasteiger partial charge >= 0.3 is 0 Å². The maximum Gasteiger partial charge on any atom is 0.191 e. The Balaban J connectivity index is 2.53. The Hall–Kier alpha value is -0.353. The third-order valence-corrected chi connectivity index (χ3v) is 8.89. The summed E-state index contributed by atoms with van der Waals surface area (Å²) in [5.74, 6) is 0. The van der Waals surface area contributed by atoms with E-state index in [1.54, 1.807) is 0 Å². The van der Waals surface area contributed by atoms with Gasteiger partial charge in [-0.25, -0.2) is 0 Å². The molecule has 4 heteroatoms. The second kappa shape index (κ2) is 6.40. The molecular weight excluding hydrogens is 274 g/mol. The predicted octanol–water partition coefficient (Wildman–Crippen LogP) is 4.75. The molecule has 0 bridgehead atoms. The van der Waals surface area contributed by atoms with E-state index in [-0.39, 0.29) is 11.1 Å². The second-order valence-electron chi connectivity index (χ2n) is 6.53. The van der Waals surface area contributed by atoms with Gasteiger partial charge in [-0.15, -0.1) is 0 Å². The van der Waals surface area contributed by atoms with Gasteiger partial charge in [-0.3, -0.25) is 0 Å². The van der Waals surface area contributed by atoms with Gasteiger partial charge in [0.1, 0.15) is 0 Å². The maximum atomic E-state index is 6.19. The minimum absolute atomic E-state index is 0.0570. The van der Waals surface area contributed by atoms with Crippen LogP contribution in [-0.4, -0.2) is 14.9 Å². The molecule has 1 atom stereocenters. The number of benzene rings is 1. The van der Waals surface area contributed by atoms with Crippen molar-refractivity contribution in [2.75, 3.05) is 6.61 Å². The van der Waals surface area contributed by atoms with Crippen LogP contribution in [-0.2, 0) is 4.43 Å². The Kier molecular flexibility index (Phi) is 5.62. The lowest BCUT2D eigenvalue weighted by Crippen LogP contribution is -2.41. The minimum atomic E-state index is -1.67. The molecule has 1 aromatic carbocycles. The lowest BCUT2D eigenvalue weighted by molar-refractivity contribution is 0.272. The zero-order chi connectivity index (χ0) is 14.7. The van der Waals surface area contributed by atoms with Crippen molar-refractivity contribution in [3.8, 4) is 0 Å². The van der Waals surface area contributed by atoms with Gasteiger partial charge in [0.05, 0.1) is 0 Å². The van der Waals surface area contributed by atoms with Gasteiger partial charge in [-0.2, -0.15) is 0 Å². The quantitative estimate of drug-likeness (QED) is 0.796. The molecule has 1 rings (SSSR count). The zero-order valence-electron chi connectivity index (χ0n) is 12.7. The highest BCUT2D eigenvalue weighted by Gasteiger charge is 2.36. The van der Waals surface area contributed by atoms with E-state index in [1.165, 1.54) is 0 Å². The van der Waals surface area contributed by atoms with E-state index < -0.39 is 8.32 Å². The lowest BCUT2D eigenvalue weighted by atomic mass is 10.1. The van der Waals surface area contributed by atoms with E-state index >= 15 is 0 Å². The average Bonchev–Trinajstić information content (AvgIpc) is 2.27. The number of nitrogens with two attached hydrogens (primary N) is 1. The molecule has 19 heavy (non-hydrogen) atoms. The summed E-state index contributed by atoms with van der Waals surface area (Å²) >= 11 is 6.15. The Morgan fingerprint density at radius 3 is 2.37 bits per heavy atom. The van der Waals surface area contributed by atoms with E-state index in [9.17, 15) is 0 Å². The molecule has 0 aliphatic carbocycles. The van der Waals surface area contributed by atoms with Crippen molar-refractivity contribution in [2.24, 2.45) is 5.73 Å². The first-order valence-corrected chi connectivity index (χ1v) is 10.1. The Morgan fingerprint density at radius 2 is 1.84 bits per heavy atom. The lowest BCUT2D eigenvalue weighted by Gasteiger charge is -2.36. The maximum absolute atomic E-state index is 6.19. The van der Waals surface area contributed by atoms with E-state index in [1.807, 2.05) is 24.3 Å². The molecule has 1 aromatic rings. The number of halogens is 1. The van der Waals surface area contributed by atoms with Crippen molar-refractivity contribution in [1.29, 1.82) is 0 Å². The number of hydrogen-bond donors (Lipinski definition) is 1. The summed E-state index contributed by atoms with van der Waals surface area (Å²) in [7, 11) is -1.67. The Morgan fingerprint density at radius 1 is 1.26 bits per heavy atom. The molecular formula is C15H26ClNOSi. The molecule has 0 amide bonds. The highest BCUT2D eigenvalue weighted by atomic mass is 35.5. The average molecular weight is 300 g/mol. The summed E-state index contributed by atoms with van der Waals surface area (Å²) in [6.45, 7) is 11.9. The SMILES string of the molecule is CC(C)(C)[Si](C)(C)OCC[C@H](N)c1ccccc1Cl. The van der Waals surface area contributed by atoms with Crippen molar-refractivity contribution in [3.05, 3.63) is 34.9 Å². The first kappa shape index (κ1) is 16.7. The first-order valence-electron chi connectivity index (χ1n) is 6.79. The second-order valence-corrected chi connectivity index (χ2v) is 11.7. The number of rotatable bonds is 5. The van der Waals surface area contributed by atoms with Gasteiger partial charge < -0.3 is 10.2 Å².